The summed E-state index contributed by atoms with van der Waals surface area (Å²) in [5, 5.41) is 31.8. The first-order valence-electron chi connectivity index (χ1n) is 7.32. The van der Waals surface area contributed by atoms with Crippen LogP contribution in [0.3, 0.4) is 0 Å². The highest BCUT2D eigenvalue weighted by Crippen LogP contribution is 2.35. The van der Waals surface area contributed by atoms with Gasteiger partial charge in [0.05, 0.1) is 12.8 Å². The quantitative estimate of drug-likeness (QED) is 0.369. The van der Waals surface area contributed by atoms with Crippen LogP contribution in [0.5, 0.6) is 23.0 Å². The Kier molecular flexibility index (Phi) is 5.62. The topological polar surface area (TPSA) is 111 Å². The first-order chi connectivity index (χ1) is 11.5. The number of phenolic OH excluding ortho intramolecular Hbond substituents is 3. The van der Waals surface area contributed by atoms with Crippen molar-refractivity contribution in [1.82, 2.24) is 5.43 Å². The predicted molar refractivity (Wildman–Crippen MR) is 88.7 cm³/mol. The number of nitrogens with one attached hydrogen (secondary N) is 1. The van der Waals surface area contributed by atoms with E-state index in [-0.39, 0.29) is 5.56 Å². The highest BCUT2D eigenvalue weighted by atomic mass is 16.5. The maximum atomic E-state index is 11.9. The maximum absolute atomic E-state index is 11.9. The van der Waals surface area contributed by atoms with E-state index in [1.807, 2.05) is 6.92 Å². The summed E-state index contributed by atoms with van der Waals surface area (Å²) < 4.78 is 5.46. The molecule has 0 unspecified atom stereocenters. The molecule has 0 aliphatic rings. The van der Waals surface area contributed by atoms with Crippen molar-refractivity contribution >= 4 is 12.1 Å². The van der Waals surface area contributed by atoms with Gasteiger partial charge in [-0.2, -0.15) is 5.10 Å². The normalized spacial score (nSPS) is 10.7. The number of amides is 1. The van der Waals surface area contributed by atoms with Crippen molar-refractivity contribution in [3.63, 3.8) is 0 Å². The van der Waals surface area contributed by atoms with Gasteiger partial charge in [-0.3, -0.25) is 4.79 Å². The Morgan fingerprint density at radius 1 is 1.17 bits per heavy atom. The number of nitrogens with zero attached hydrogens (tertiary/aromatic N) is 1. The molecule has 0 aliphatic heterocycles. The number of carbonyl (C=O) groups is 1. The number of ether oxygens (including phenoxy) is 1. The number of hydrogen-bond donors (Lipinski definition) is 4. The number of carbonyl (C=O) groups excluding carboxylic acids is 1. The van der Waals surface area contributed by atoms with Crippen molar-refractivity contribution in [1.29, 1.82) is 0 Å². The molecular formula is C17H18N2O5. The van der Waals surface area contributed by atoms with Gasteiger partial charge < -0.3 is 20.1 Å². The first-order valence-corrected chi connectivity index (χ1v) is 7.32. The zero-order valence-electron chi connectivity index (χ0n) is 13.1. The average Bonchev–Trinajstić information content (AvgIpc) is 2.58. The Morgan fingerprint density at radius 2 is 1.79 bits per heavy atom. The molecule has 1 amide bonds. The number of hydrogen-bond acceptors (Lipinski definition) is 6. The van der Waals surface area contributed by atoms with E-state index in [1.54, 1.807) is 24.3 Å². The summed E-state index contributed by atoms with van der Waals surface area (Å²) in [7, 11) is 0. The van der Waals surface area contributed by atoms with Crippen LogP contribution in [-0.4, -0.2) is 34.0 Å². The number of aromatic hydroxyl groups is 3. The van der Waals surface area contributed by atoms with Crippen LogP contribution in [0.15, 0.2) is 41.5 Å². The zero-order chi connectivity index (χ0) is 17.5. The highest BCUT2D eigenvalue weighted by Gasteiger charge is 2.12. The van der Waals surface area contributed by atoms with Crippen LogP contribution in [0.1, 0.15) is 29.3 Å². The average molecular weight is 330 g/mol. The van der Waals surface area contributed by atoms with E-state index in [4.69, 9.17) is 4.74 Å². The third-order valence-corrected chi connectivity index (χ3v) is 3.06. The van der Waals surface area contributed by atoms with Crippen molar-refractivity contribution in [3.05, 3.63) is 47.5 Å². The van der Waals surface area contributed by atoms with E-state index in [0.717, 1.165) is 29.9 Å². The number of hydrazone groups is 1. The zero-order valence-corrected chi connectivity index (χ0v) is 13.1. The second-order valence-electron chi connectivity index (χ2n) is 4.98. The minimum atomic E-state index is -0.680. The van der Waals surface area contributed by atoms with E-state index in [9.17, 15) is 20.1 Å². The van der Waals surface area contributed by atoms with Crippen LogP contribution in [0.25, 0.3) is 0 Å². The number of phenols is 3. The molecule has 24 heavy (non-hydrogen) atoms. The van der Waals surface area contributed by atoms with E-state index >= 15 is 0 Å². The second kappa shape index (κ2) is 7.87. The molecule has 0 radical (unpaired) electrons. The lowest BCUT2D eigenvalue weighted by Gasteiger charge is -2.05. The Balaban J connectivity index is 1.97. The summed E-state index contributed by atoms with van der Waals surface area (Å²) in [6.45, 7) is 2.67. The standard InChI is InChI=1S/C17H18N2O5/c1-2-7-24-13-5-3-11(4-6-13)10-18-19-17(23)12-8-14(20)16(22)15(21)9-12/h3-6,8-10,20-22H,2,7H2,1H3,(H,19,23). The van der Waals surface area contributed by atoms with Gasteiger partial charge in [-0.1, -0.05) is 6.92 Å². The summed E-state index contributed by atoms with van der Waals surface area (Å²) in [5.74, 6) is -1.74. The van der Waals surface area contributed by atoms with Crippen LogP contribution in [0.4, 0.5) is 0 Å². The summed E-state index contributed by atoms with van der Waals surface area (Å²) in [5.41, 5.74) is 2.99. The molecule has 0 atom stereocenters. The minimum absolute atomic E-state index is 0.0386. The summed E-state index contributed by atoms with van der Waals surface area (Å²) in [6, 6.07) is 9.24. The van der Waals surface area contributed by atoms with E-state index < -0.39 is 23.2 Å². The maximum Gasteiger partial charge on any atom is 0.271 e. The van der Waals surface area contributed by atoms with Crippen LogP contribution < -0.4 is 10.2 Å². The Morgan fingerprint density at radius 3 is 2.38 bits per heavy atom. The molecule has 2 rings (SSSR count). The molecule has 126 valence electrons. The molecule has 0 spiro atoms. The lowest BCUT2D eigenvalue weighted by Crippen LogP contribution is -2.17. The molecule has 0 fully saturated rings. The Hall–Kier alpha value is -3.22. The monoisotopic (exact) mass is 330 g/mol. The fraction of sp³-hybridized carbons (Fsp3) is 0.176. The van der Waals surface area contributed by atoms with Gasteiger partial charge >= 0.3 is 0 Å². The molecule has 7 nitrogen and oxygen atoms in total. The van der Waals surface area contributed by atoms with E-state index in [2.05, 4.69) is 10.5 Å². The fourth-order valence-electron chi connectivity index (χ4n) is 1.84. The van der Waals surface area contributed by atoms with Gasteiger partial charge in [-0.05, 0) is 48.4 Å². The third kappa shape index (κ3) is 4.39. The van der Waals surface area contributed by atoms with Crippen LogP contribution in [0, 0.1) is 0 Å². The molecule has 0 heterocycles. The molecule has 0 bridgehead atoms. The molecular weight excluding hydrogens is 312 g/mol. The summed E-state index contributed by atoms with van der Waals surface area (Å²) in [6.07, 6.45) is 2.37. The third-order valence-electron chi connectivity index (χ3n) is 3.06. The van der Waals surface area contributed by atoms with Crippen molar-refractivity contribution in [3.8, 4) is 23.0 Å². The number of rotatable bonds is 6. The smallest absolute Gasteiger partial charge is 0.271 e. The SMILES string of the molecule is CCCOc1ccc(C=NNC(=O)c2cc(O)c(O)c(O)c2)cc1. The van der Waals surface area contributed by atoms with Crippen LogP contribution in [-0.2, 0) is 0 Å². The summed E-state index contributed by atoms with van der Waals surface area (Å²) in [4.78, 5) is 11.9. The molecule has 4 N–H and O–H groups in total. The van der Waals surface area contributed by atoms with E-state index in [1.165, 1.54) is 6.21 Å². The fourth-order valence-corrected chi connectivity index (χ4v) is 1.84. The molecule has 2 aromatic carbocycles. The summed E-state index contributed by atoms with van der Waals surface area (Å²) >= 11 is 0. The lowest BCUT2D eigenvalue weighted by molar-refractivity contribution is 0.0954. The molecule has 2 aromatic rings. The van der Waals surface area contributed by atoms with Crippen molar-refractivity contribution < 1.29 is 24.9 Å². The van der Waals surface area contributed by atoms with Crippen LogP contribution in [0.2, 0.25) is 0 Å². The van der Waals surface area contributed by atoms with Crippen molar-refractivity contribution in [2.75, 3.05) is 6.61 Å². The van der Waals surface area contributed by atoms with Crippen molar-refractivity contribution in [2.45, 2.75) is 13.3 Å². The largest absolute Gasteiger partial charge is 0.504 e. The van der Waals surface area contributed by atoms with Gasteiger partial charge in [0.15, 0.2) is 17.2 Å². The van der Waals surface area contributed by atoms with Gasteiger partial charge in [-0.15, -0.1) is 0 Å². The Bertz CT molecular complexity index is 718. The van der Waals surface area contributed by atoms with Gasteiger partial charge in [0.25, 0.3) is 5.91 Å². The first kappa shape index (κ1) is 17.1. The van der Waals surface area contributed by atoms with Gasteiger partial charge in [0.1, 0.15) is 5.75 Å². The molecule has 0 aliphatic carbocycles. The minimum Gasteiger partial charge on any atom is -0.504 e. The second-order valence-corrected chi connectivity index (χ2v) is 4.98. The van der Waals surface area contributed by atoms with Gasteiger partial charge in [0, 0.05) is 5.56 Å². The van der Waals surface area contributed by atoms with E-state index in [0.29, 0.717) is 6.61 Å². The van der Waals surface area contributed by atoms with Gasteiger partial charge in [0.2, 0.25) is 0 Å². The predicted octanol–water partition coefficient (Wildman–Crippen LogP) is 2.36. The van der Waals surface area contributed by atoms with Gasteiger partial charge in [-0.25, -0.2) is 5.43 Å². The van der Waals surface area contributed by atoms with Crippen LogP contribution >= 0.6 is 0 Å². The highest BCUT2D eigenvalue weighted by molar-refractivity contribution is 5.96. The molecule has 0 saturated heterocycles. The molecule has 7 heteroatoms. The number of benzene rings is 2. The molecule has 0 aromatic heterocycles. The Labute approximate surface area is 138 Å². The van der Waals surface area contributed by atoms with Crippen molar-refractivity contribution in [2.24, 2.45) is 5.10 Å². The molecule has 0 saturated carbocycles. The lowest BCUT2D eigenvalue weighted by atomic mass is 10.2.